The van der Waals surface area contributed by atoms with E-state index in [1.807, 2.05) is 23.1 Å². The molecule has 5 nitrogen and oxygen atoms in total. The second-order valence-electron chi connectivity index (χ2n) is 5.42. The van der Waals surface area contributed by atoms with E-state index in [9.17, 15) is 9.90 Å². The van der Waals surface area contributed by atoms with Crippen LogP contribution in [0.2, 0.25) is 0 Å². The van der Waals surface area contributed by atoms with Crippen molar-refractivity contribution in [3.63, 3.8) is 0 Å². The van der Waals surface area contributed by atoms with E-state index in [0.717, 1.165) is 31.5 Å². The van der Waals surface area contributed by atoms with Crippen LogP contribution in [0.5, 0.6) is 5.75 Å². The number of benzene rings is 1. The van der Waals surface area contributed by atoms with Crippen LogP contribution in [0.3, 0.4) is 0 Å². The minimum atomic E-state index is -0.327. The van der Waals surface area contributed by atoms with Gasteiger partial charge in [0.25, 0.3) is 5.91 Å². The number of nitrogens with one attached hydrogen (secondary N) is 1. The summed E-state index contributed by atoms with van der Waals surface area (Å²) in [5.74, 6) is -0.101. The minimum Gasteiger partial charge on any atom is -0.508 e. The molecular weight excluding hydrogens is 278 g/mol. The van der Waals surface area contributed by atoms with Crippen LogP contribution in [0.25, 0.3) is 0 Å². The third kappa shape index (κ3) is 4.81. The average Bonchev–Trinajstić information content (AvgIpc) is 2.55. The molecule has 116 valence electrons. The van der Waals surface area contributed by atoms with Gasteiger partial charge in [0, 0.05) is 25.8 Å². The smallest absolute Gasteiger partial charge is 0.263 e. The average molecular weight is 299 g/mol. The number of nitrogens with zero attached hydrogens (tertiary/aromatic N) is 2. The molecule has 0 unspecified atom stereocenters. The first-order valence-electron chi connectivity index (χ1n) is 7.61. The first-order chi connectivity index (χ1) is 10.7. The highest BCUT2D eigenvalue weighted by atomic mass is 16.3. The summed E-state index contributed by atoms with van der Waals surface area (Å²) in [4.78, 5) is 14.1. The van der Waals surface area contributed by atoms with E-state index in [4.69, 9.17) is 5.26 Å². The van der Waals surface area contributed by atoms with Crippen molar-refractivity contribution < 1.29 is 9.90 Å². The van der Waals surface area contributed by atoms with Crippen molar-refractivity contribution in [1.29, 1.82) is 5.26 Å². The van der Waals surface area contributed by atoms with Gasteiger partial charge in [0.05, 0.1) is 0 Å². The van der Waals surface area contributed by atoms with Crippen molar-refractivity contribution in [2.45, 2.75) is 25.7 Å². The molecule has 0 saturated carbocycles. The Balaban J connectivity index is 1.83. The lowest BCUT2D eigenvalue weighted by molar-refractivity contribution is -0.117. The Bertz CT molecular complexity index is 567. The number of carbonyl (C=O) groups excluding carboxylic acids is 1. The summed E-state index contributed by atoms with van der Waals surface area (Å²) in [6.45, 7) is 2.28. The molecule has 0 bridgehead atoms. The van der Waals surface area contributed by atoms with Crippen molar-refractivity contribution >= 4 is 5.91 Å². The minimum absolute atomic E-state index is 0.160. The van der Waals surface area contributed by atoms with E-state index in [2.05, 4.69) is 5.32 Å². The lowest BCUT2D eigenvalue weighted by atomic mass is 10.1. The van der Waals surface area contributed by atoms with Crippen LogP contribution < -0.4 is 5.32 Å². The molecule has 1 heterocycles. The molecule has 0 aromatic heterocycles. The Labute approximate surface area is 130 Å². The molecule has 0 atom stereocenters. The molecule has 0 spiro atoms. The first kappa shape index (κ1) is 15.9. The molecule has 0 radical (unpaired) electrons. The predicted octanol–water partition coefficient (Wildman–Crippen LogP) is 1.94. The van der Waals surface area contributed by atoms with E-state index in [1.54, 1.807) is 18.3 Å². The van der Waals surface area contributed by atoms with Crippen molar-refractivity contribution in [2.24, 2.45) is 0 Å². The Morgan fingerprint density at radius 2 is 1.95 bits per heavy atom. The number of phenolic OH excluding ortho intramolecular Hbond substituents is 1. The fourth-order valence-corrected chi connectivity index (χ4v) is 2.45. The molecule has 1 fully saturated rings. The van der Waals surface area contributed by atoms with Gasteiger partial charge in [-0.1, -0.05) is 12.1 Å². The van der Waals surface area contributed by atoms with Gasteiger partial charge in [-0.25, -0.2) is 0 Å². The topological polar surface area (TPSA) is 76.4 Å². The second kappa shape index (κ2) is 8.08. The quantitative estimate of drug-likeness (QED) is 0.643. The molecule has 1 aliphatic rings. The highest BCUT2D eigenvalue weighted by molar-refractivity contribution is 5.97. The van der Waals surface area contributed by atoms with E-state index in [-0.39, 0.29) is 17.2 Å². The van der Waals surface area contributed by atoms with Crippen molar-refractivity contribution in [2.75, 3.05) is 19.6 Å². The lowest BCUT2D eigenvalue weighted by Crippen LogP contribution is -2.30. The second-order valence-corrected chi connectivity index (χ2v) is 5.42. The number of hydrogen-bond acceptors (Lipinski definition) is 4. The maximum absolute atomic E-state index is 12.0. The number of phenols is 1. The third-order valence-electron chi connectivity index (χ3n) is 3.70. The van der Waals surface area contributed by atoms with Crippen LogP contribution in [0.15, 0.2) is 36.0 Å². The molecule has 1 aliphatic heterocycles. The molecule has 1 amide bonds. The summed E-state index contributed by atoms with van der Waals surface area (Å²) >= 11 is 0. The fraction of sp³-hybridized carbons (Fsp3) is 0.412. The summed E-state index contributed by atoms with van der Waals surface area (Å²) in [5, 5.41) is 21.1. The number of likely N-dealkylation sites (tertiary alicyclic amines) is 1. The molecule has 5 heteroatoms. The normalized spacial score (nSPS) is 15.2. The largest absolute Gasteiger partial charge is 0.508 e. The first-order valence-corrected chi connectivity index (χ1v) is 7.61. The lowest BCUT2D eigenvalue weighted by Gasteiger charge is -2.25. The molecule has 2 N–H and O–H groups in total. The van der Waals surface area contributed by atoms with Gasteiger partial charge in [-0.15, -0.1) is 0 Å². The molecule has 1 aromatic carbocycles. The summed E-state index contributed by atoms with van der Waals surface area (Å²) < 4.78 is 0. The number of nitriles is 1. The van der Waals surface area contributed by atoms with Gasteiger partial charge in [-0.05, 0) is 43.4 Å². The van der Waals surface area contributed by atoms with Crippen molar-refractivity contribution in [1.82, 2.24) is 10.2 Å². The Morgan fingerprint density at radius 1 is 1.27 bits per heavy atom. The Hall–Kier alpha value is -2.48. The van der Waals surface area contributed by atoms with Crippen molar-refractivity contribution in [3.05, 3.63) is 41.6 Å². The summed E-state index contributed by atoms with van der Waals surface area (Å²) in [6.07, 6.45) is 5.77. The third-order valence-corrected chi connectivity index (χ3v) is 3.70. The van der Waals surface area contributed by atoms with Crippen LogP contribution >= 0.6 is 0 Å². The zero-order chi connectivity index (χ0) is 15.8. The van der Waals surface area contributed by atoms with Crippen LogP contribution in [0.4, 0.5) is 0 Å². The van der Waals surface area contributed by atoms with Crippen LogP contribution in [-0.2, 0) is 11.2 Å². The molecule has 22 heavy (non-hydrogen) atoms. The molecular formula is C17H21N3O2. The monoisotopic (exact) mass is 299 g/mol. The van der Waals surface area contributed by atoms with E-state index in [0.29, 0.717) is 13.0 Å². The molecule has 0 aliphatic carbocycles. The van der Waals surface area contributed by atoms with E-state index >= 15 is 0 Å². The number of aromatic hydroxyl groups is 1. The van der Waals surface area contributed by atoms with Gasteiger partial charge >= 0.3 is 0 Å². The number of hydrogen-bond donors (Lipinski definition) is 2. The molecule has 2 rings (SSSR count). The maximum atomic E-state index is 12.0. The summed E-state index contributed by atoms with van der Waals surface area (Å²) in [5.41, 5.74) is 1.18. The zero-order valence-electron chi connectivity index (χ0n) is 12.6. The number of amides is 1. The highest BCUT2D eigenvalue weighted by Crippen LogP contribution is 2.11. The fourth-order valence-electron chi connectivity index (χ4n) is 2.45. The maximum Gasteiger partial charge on any atom is 0.263 e. The van der Waals surface area contributed by atoms with E-state index in [1.165, 1.54) is 6.42 Å². The van der Waals surface area contributed by atoms with Crippen LogP contribution in [0, 0.1) is 11.3 Å². The van der Waals surface area contributed by atoms with Crippen LogP contribution in [0.1, 0.15) is 24.8 Å². The highest BCUT2D eigenvalue weighted by Gasteiger charge is 2.12. The molecule has 1 saturated heterocycles. The van der Waals surface area contributed by atoms with E-state index < -0.39 is 0 Å². The molecule has 1 aromatic rings. The van der Waals surface area contributed by atoms with Gasteiger partial charge in [0.1, 0.15) is 17.4 Å². The van der Waals surface area contributed by atoms with Gasteiger partial charge in [0.2, 0.25) is 0 Å². The standard InChI is InChI=1S/C17H21N3O2/c18-12-15(13-20-10-2-1-3-11-20)17(22)19-9-8-14-4-6-16(21)7-5-14/h4-7,13,21H,1-3,8-11H2,(H,19,22)/b15-13-. The van der Waals surface area contributed by atoms with Crippen LogP contribution in [-0.4, -0.2) is 35.5 Å². The Kier molecular flexibility index (Phi) is 5.84. The number of carbonyl (C=O) groups is 1. The number of rotatable bonds is 5. The number of piperidine rings is 1. The zero-order valence-corrected chi connectivity index (χ0v) is 12.6. The van der Waals surface area contributed by atoms with Gasteiger partial charge in [-0.3, -0.25) is 4.79 Å². The summed E-state index contributed by atoms with van der Waals surface area (Å²) in [6, 6.07) is 8.85. The Morgan fingerprint density at radius 3 is 2.59 bits per heavy atom. The van der Waals surface area contributed by atoms with Gasteiger partial charge < -0.3 is 15.3 Å². The summed E-state index contributed by atoms with van der Waals surface area (Å²) in [7, 11) is 0. The van der Waals surface area contributed by atoms with Gasteiger partial charge in [-0.2, -0.15) is 5.26 Å². The van der Waals surface area contributed by atoms with Gasteiger partial charge in [0.15, 0.2) is 0 Å². The van der Waals surface area contributed by atoms with Crippen molar-refractivity contribution in [3.8, 4) is 11.8 Å². The SMILES string of the molecule is N#C/C(=C/N1CCCCC1)C(=O)NCCc1ccc(O)cc1. The predicted molar refractivity (Wildman–Crippen MR) is 83.9 cm³/mol.